The minimum Gasteiger partial charge on any atom is -0.338 e. The van der Waals surface area contributed by atoms with E-state index in [0.717, 1.165) is 53.6 Å². The van der Waals surface area contributed by atoms with Gasteiger partial charge in [-0.05, 0) is 39.3 Å². The second-order valence-electron chi connectivity index (χ2n) is 6.13. The normalized spacial score (nSPS) is 16.0. The molecule has 1 saturated heterocycles. The zero-order valence-corrected chi connectivity index (χ0v) is 14.7. The number of hydrogen-bond acceptors (Lipinski definition) is 5. The molecule has 6 nitrogen and oxygen atoms in total. The molecule has 2 aromatic heterocycles. The van der Waals surface area contributed by atoms with Crippen LogP contribution in [-0.2, 0) is 7.05 Å². The summed E-state index contributed by atoms with van der Waals surface area (Å²) in [6, 6.07) is 0. The van der Waals surface area contributed by atoms with Gasteiger partial charge in [0.15, 0.2) is 0 Å². The Kier molecular flexibility index (Phi) is 4.77. The highest BCUT2D eigenvalue weighted by molar-refractivity contribution is 7.17. The van der Waals surface area contributed by atoms with Gasteiger partial charge < -0.3 is 10.2 Å². The van der Waals surface area contributed by atoms with Gasteiger partial charge >= 0.3 is 0 Å². The first kappa shape index (κ1) is 16.1. The van der Waals surface area contributed by atoms with Crippen molar-refractivity contribution in [1.29, 1.82) is 0 Å². The van der Waals surface area contributed by atoms with Gasteiger partial charge in [-0.3, -0.25) is 9.48 Å². The van der Waals surface area contributed by atoms with Gasteiger partial charge in [0.2, 0.25) is 0 Å². The molecular formula is C16H23N5OS. The van der Waals surface area contributed by atoms with Crippen molar-refractivity contribution in [1.82, 2.24) is 25.0 Å². The molecule has 124 valence electrons. The summed E-state index contributed by atoms with van der Waals surface area (Å²) in [4.78, 5) is 20.1. The average Bonchev–Trinajstić information content (AvgIpc) is 3.14. The Balaban J connectivity index is 1.72. The third-order valence-corrected chi connectivity index (χ3v) is 5.53. The van der Waals surface area contributed by atoms with Gasteiger partial charge in [-0.2, -0.15) is 5.10 Å². The van der Waals surface area contributed by atoms with E-state index in [1.165, 1.54) is 11.3 Å². The number of thiazole rings is 1. The van der Waals surface area contributed by atoms with E-state index in [1.807, 2.05) is 32.1 Å². The summed E-state index contributed by atoms with van der Waals surface area (Å²) in [5.74, 6) is 0.801. The van der Waals surface area contributed by atoms with E-state index in [2.05, 4.69) is 15.4 Å². The molecule has 0 aliphatic carbocycles. The molecule has 0 bridgehead atoms. The number of aryl methyl sites for hydroxylation is 2. The van der Waals surface area contributed by atoms with E-state index in [-0.39, 0.29) is 5.91 Å². The van der Waals surface area contributed by atoms with E-state index in [0.29, 0.717) is 5.92 Å². The van der Waals surface area contributed by atoms with E-state index >= 15 is 0 Å². The zero-order valence-electron chi connectivity index (χ0n) is 13.9. The van der Waals surface area contributed by atoms with Crippen LogP contribution in [0.15, 0.2) is 12.4 Å². The maximum absolute atomic E-state index is 12.8. The number of nitrogens with one attached hydrogen (secondary N) is 1. The molecule has 1 amide bonds. The molecule has 1 fully saturated rings. The number of amides is 1. The molecule has 1 aliphatic rings. The summed E-state index contributed by atoms with van der Waals surface area (Å²) in [5.41, 5.74) is 1.78. The van der Waals surface area contributed by atoms with Crippen molar-refractivity contribution in [3.63, 3.8) is 0 Å². The Morgan fingerprint density at radius 2 is 2.17 bits per heavy atom. The molecule has 1 N–H and O–H groups in total. The van der Waals surface area contributed by atoms with Gasteiger partial charge in [-0.25, -0.2) is 4.98 Å². The van der Waals surface area contributed by atoms with Crippen LogP contribution in [0.4, 0.5) is 0 Å². The Morgan fingerprint density at radius 3 is 2.78 bits per heavy atom. The molecule has 0 saturated carbocycles. The molecule has 0 atom stereocenters. The second kappa shape index (κ2) is 6.80. The maximum Gasteiger partial charge on any atom is 0.265 e. The van der Waals surface area contributed by atoms with Crippen molar-refractivity contribution in [3.05, 3.63) is 23.0 Å². The number of hydrogen-bond donors (Lipinski definition) is 1. The lowest BCUT2D eigenvalue weighted by Gasteiger charge is -2.31. The quantitative estimate of drug-likeness (QED) is 0.928. The topological polar surface area (TPSA) is 63.1 Å². The predicted octanol–water partition coefficient (Wildman–Crippen LogP) is 1.92. The lowest BCUT2D eigenvalue weighted by molar-refractivity contribution is 0.0695. The highest BCUT2D eigenvalue weighted by Crippen LogP contribution is 2.29. The maximum atomic E-state index is 12.8. The molecule has 0 spiro atoms. The van der Waals surface area contributed by atoms with Gasteiger partial charge in [-0.15, -0.1) is 11.3 Å². The fraction of sp³-hybridized carbons (Fsp3) is 0.562. The molecule has 23 heavy (non-hydrogen) atoms. The molecule has 0 radical (unpaired) electrons. The molecule has 2 aromatic rings. The first-order chi connectivity index (χ1) is 11.1. The molecule has 7 heteroatoms. The Bertz CT molecular complexity index is 684. The summed E-state index contributed by atoms with van der Waals surface area (Å²) >= 11 is 1.47. The van der Waals surface area contributed by atoms with Crippen LogP contribution in [0, 0.1) is 12.8 Å². The van der Waals surface area contributed by atoms with Gasteiger partial charge in [0.25, 0.3) is 5.91 Å². The summed E-state index contributed by atoms with van der Waals surface area (Å²) < 4.78 is 1.75. The summed E-state index contributed by atoms with van der Waals surface area (Å²) in [5, 5.41) is 8.27. The van der Waals surface area contributed by atoms with Crippen LogP contribution in [0.25, 0.3) is 10.6 Å². The zero-order chi connectivity index (χ0) is 16.4. The molecule has 0 aromatic carbocycles. The summed E-state index contributed by atoms with van der Waals surface area (Å²) in [6.07, 6.45) is 5.85. The van der Waals surface area contributed by atoms with Crippen LogP contribution in [0.2, 0.25) is 0 Å². The van der Waals surface area contributed by atoms with Crippen LogP contribution in [-0.4, -0.2) is 52.3 Å². The molecule has 1 aliphatic heterocycles. The van der Waals surface area contributed by atoms with Crippen LogP contribution >= 0.6 is 11.3 Å². The first-order valence-electron chi connectivity index (χ1n) is 7.98. The Morgan fingerprint density at radius 1 is 1.43 bits per heavy atom. The minimum absolute atomic E-state index is 0.123. The average molecular weight is 333 g/mol. The predicted molar refractivity (Wildman–Crippen MR) is 91.6 cm³/mol. The number of rotatable bonds is 4. The van der Waals surface area contributed by atoms with Crippen LogP contribution in [0.1, 0.15) is 28.2 Å². The number of carbonyl (C=O) groups excluding carboxylic acids is 1. The number of aromatic nitrogens is 3. The Labute approximate surface area is 140 Å². The van der Waals surface area contributed by atoms with Gasteiger partial charge in [-0.1, -0.05) is 0 Å². The van der Waals surface area contributed by atoms with E-state index in [4.69, 9.17) is 0 Å². The molecule has 3 heterocycles. The fourth-order valence-corrected chi connectivity index (χ4v) is 4.03. The van der Waals surface area contributed by atoms with E-state index < -0.39 is 0 Å². The number of likely N-dealkylation sites (tertiary alicyclic amines) is 1. The van der Waals surface area contributed by atoms with Gasteiger partial charge in [0.1, 0.15) is 9.88 Å². The SMILES string of the molecule is CNCC1CCN(C(=O)c2sc(-c3cnn(C)c3)nc2C)CC1. The number of nitrogens with zero attached hydrogens (tertiary/aromatic N) is 4. The van der Waals surface area contributed by atoms with Crippen molar-refractivity contribution in [2.75, 3.05) is 26.7 Å². The standard InChI is InChI=1S/C16H23N5OS/c1-11-14(23-15(19-11)13-9-18-20(3)10-13)16(22)21-6-4-12(5-7-21)8-17-2/h9-10,12,17H,4-8H2,1-3H3. The van der Waals surface area contributed by atoms with Crippen LogP contribution in [0.5, 0.6) is 0 Å². The van der Waals surface area contributed by atoms with Crippen molar-refractivity contribution < 1.29 is 4.79 Å². The monoisotopic (exact) mass is 333 g/mol. The van der Waals surface area contributed by atoms with Gasteiger partial charge in [0.05, 0.1) is 11.9 Å². The first-order valence-corrected chi connectivity index (χ1v) is 8.80. The van der Waals surface area contributed by atoms with E-state index in [1.54, 1.807) is 10.9 Å². The van der Waals surface area contributed by atoms with Crippen molar-refractivity contribution in [2.45, 2.75) is 19.8 Å². The lowest BCUT2D eigenvalue weighted by atomic mass is 9.97. The summed E-state index contributed by atoms with van der Waals surface area (Å²) in [7, 11) is 3.86. The number of carbonyl (C=O) groups is 1. The van der Waals surface area contributed by atoms with Crippen molar-refractivity contribution in [3.8, 4) is 10.6 Å². The van der Waals surface area contributed by atoms with Crippen LogP contribution < -0.4 is 5.32 Å². The van der Waals surface area contributed by atoms with Crippen LogP contribution in [0.3, 0.4) is 0 Å². The smallest absolute Gasteiger partial charge is 0.265 e. The summed E-state index contributed by atoms with van der Waals surface area (Å²) in [6.45, 7) is 4.62. The molecular weight excluding hydrogens is 310 g/mol. The third-order valence-electron chi connectivity index (χ3n) is 4.34. The largest absolute Gasteiger partial charge is 0.338 e. The molecule has 3 rings (SSSR count). The highest BCUT2D eigenvalue weighted by Gasteiger charge is 2.26. The highest BCUT2D eigenvalue weighted by atomic mass is 32.1. The minimum atomic E-state index is 0.123. The fourth-order valence-electron chi connectivity index (χ4n) is 3.02. The van der Waals surface area contributed by atoms with E-state index in [9.17, 15) is 4.79 Å². The number of piperidine rings is 1. The third kappa shape index (κ3) is 3.45. The lowest BCUT2D eigenvalue weighted by Crippen LogP contribution is -2.40. The van der Waals surface area contributed by atoms with Crippen molar-refractivity contribution in [2.24, 2.45) is 13.0 Å². The van der Waals surface area contributed by atoms with Crippen molar-refractivity contribution >= 4 is 17.2 Å². The second-order valence-corrected chi connectivity index (χ2v) is 7.13. The van der Waals surface area contributed by atoms with Gasteiger partial charge in [0, 0.05) is 31.9 Å². The molecule has 0 unspecified atom stereocenters. The Hall–Kier alpha value is -1.73.